The summed E-state index contributed by atoms with van der Waals surface area (Å²) in [5, 5.41) is 2.76. The van der Waals surface area contributed by atoms with Crippen LogP contribution in [0.25, 0.3) is 0 Å². The predicted molar refractivity (Wildman–Crippen MR) is 106 cm³/mol. The fourth-order valence-corrected chi connectivity index (χ4v) is 2.95. The van der Waals surface area contributed by atoms with Crippen molar-refractivity contribution in [2.45, 2.75) is 6.92 Å². The first-order valence-corrected chi connectivity index (χ1v) is 10.1. The number of nitrogens with zero attached hydrogens (tertiary/aromatic N) is 2. The van der Waals surface area contributed by atoms with Crippen LogP contribution in [0.1, 0.15) is 15.9 Å². The first kappa shape index (κ1) is 19.3. The van der Waals surface area contributed by atoms with Gasteiger partial charge in [-0.2, -0.15) is 0 Å². The normalized spacial score (nSPS) is 10.9. The Kier molecular flexibility index (Phi) is 5.55. The number of carbonyl (C=O) groups excluding carboxylic acids is 1. The summed E-state index contributed by atoms with van der Waals surface area (Å²) in [6.45, 7) is 1.75. The lowest BCUT2D eigenvalue weighted by atomic mass is 10.1. The highest BCUT2D eigenvalue weighted by Crippen LogP contribution is 2.22. The van der Waals surface area contributed by atoms with Gasteiger partial charge in [0.2, 0.25) is 10.0 Å². The Morgan fingerprint density at radius 3 is 2.36 bits per heavy atom. The molecule has 1 heterocycles. The van der Waals surface area contributed by atoms with Gasteiger partial charge in [0.15, 0.2) is 0 Å². The predicted octanol–water partition coefficient (Wildman–Crippen LogP) is 3.20. The maximum absolute atomic E-state index is 12.5. The van der Waals surface area contributed by atoms with Gasteiger partial charge in [0.25, 0.3) is 5.91 Å². The molecule has 0 aliphatic carbocycles. The number of rotatable bonds is 6. The van der Waals surface area contributed by atoms with E-state index in [0.717, 1.165) is 6.26 Å². The Hall–Kier alpha value is -3.46. The average molecular weight is 398 g/mol. The third-order valence-corrected chi connectivity index (χ3v) is 4.25. The summed E-state index contributed by atoms with van der Waals surface area (Å²) in [6, 6.07) is 13.4. The topological polar surface area (TPSA) is 110 Å². The number of sulfonamides is 1. The van der Waals surface area contributed by atoms with E-state index in [1.165, 1.54) is 6.07 Å². The Bertz CT molecular complexity index is 1080. The number of hydrogen-bond donors (Lipinski definition) is 2. The van der Waals surface area contributed by atoms with Crippen LogP contribution in [0, 0.1) is 6.92 Å². The zero-order chi connectivity index (χ0) is 20.1. The summed E-state index contributed by atoms with van der Waals surface area (Å²) in [5.74, 6) is 0.163. The Balaban J connectivity index is 1.70. The number of carbonyl (C=O) groups is 1. The van der Waals surface area contributed by atoms with E-state index in [1.54, 1.807) is 61.8 Å². The molecule has 0 radical (unpaired) electrons. The maximum Gasteiger partial charge on any atom is 0.321 e. The minimum Gasteiger partial charge on any atom is -0.424 e. The Labute approximate surface area is 162 Å². The zero-order valence-electron chi connectivity index (χ0n) is 15.2. The monoisotopic (exact) mass is 398 g/mol. The molecule has 3 aromatic rings. The quantitative estimate of drug-likeness (QED) is 0.660. The number of benzene rings is 2. The van der Waals surface area contributed by atoms with Crippen LogP contribution in [-0.2, 0) is 10.0 Å². The molecule has 144 valence electrons. The highest BCUT2D eigenvalue weighted by Gasteiger charge is 2.11. The number of ether oxygens (including phenoxy) is 1. The standard InChI is InChI=1S/C19H18N4O4S/c1-13-4-5-14(12-17(13)23-28(2,25)26)18(24)22-15-6-8-16(9-7-15)27-19-20-10-3-11-21-19/h3-12,23H,1-2H3,(H,22,24). The fraction of sp³-hybridized carbons (Fsp3) is 0.105. The second kappa shape index (κ2) is 8.05. The number of anilines is 2. The van der Waals surface area contributed by atoms with Crippen molar-refractivity contribution in [3.63, 3.8) is 0 Å². The third-order valence-electron chi connectivity index (χ3n) is 3.66. The molecule has 0 saturated heterocycles. The van der Waals surface area contributed by atoms with Crippen LogP contribution >= 0.6 is 0 Å². The van der Waals surface area contributed by atoms with E-state index >= 15 is 0 Å². The lowest BCUT2D eigenvalue weighted by molar-refractivity contribution is 0.102. The summed E-state index contributed by atoms with van der Waals surface area (Å²) in [5.41, 5.74) is 1.97. The van der Waals surface area contributed by atoms with Gasteiger partial charge >= 0.3 is 6.01 Å². The summed E-state index contributed by atoms with van der Waals surface area (Å²) in [7, 11) is -3.44. The molecule has 0 atom stereocenters. The van der Waals surface area contributed by atoms with Crippen LogP contribution in [0.4, 0.5) is 11.4 Å². The molecule has 0 unspecified atom stereocenters. The molecule has 0 spiro atoms. The SMILES string of the molecule is Cc1ccc(C(=O)Nc2ccc(Oc3ncccn3)cc2)cc1NS(C)(=O)=O. The molecule has 9 heteroatoms. The molecule has 1 aromatic heterocycles. The van der Waals surface area contributed by atoms with Crippen LogP contribution in [0.2, 0.25) is 0 Å². The van der Waals surface area contributed by atoms with Gasteiger partial charge in [-0.3, -0.25) is 9.52 Å². The molecular formula is C19H18N4O4S. The lowest BCUT2D eigenvalue weighted by Crippen LogP contribution is -2.14. The largest absolute Gasteiger partial charge is 0.424 e. The third kappa shape index (κ3) is 5.27. The van der Waals surface area contributed by atoms with E-state index in [2.05, 4.69) is 20.0 Å². The molecule has 0 aliphatic rings. The van der Waals surface area contributed by atoms with Crippen molar-refractivity contribution in [1.29, 1.82) is 0 Å². The van der Waals surface area contributed by atoms with E-state index in [9.17, 15) is 13.2 Å². The highest BCUT2D eigenvalue weighted by atomic mass is 32.2. The minimum atomic E-state index is -3.44. The Morgan fingerprint density at radius 1 is 1.04 bits per heavy atom. The van der Waals surface area contributed by atoms with Crippen LogP contribution in [-0.4, -0.2) is 30.5 Å². The van der Waals surface area contributed by atoms with Crippen molar-refractivity contribution >= 4 is 27.3 Å². The van der Waals surface area contributed by atoms with E-state index in [-0.39, 0.29) is 11.9 Å². The van der Waals surface area contributed by atoms with Crippen molar-refractivity contribution < 1.29 is 17.9 Å². The average Bonchev–Trinajstić information content (AvgIpc) is 2.65. The second-order valence-corrected chi connectivity index (χ2v) is 7.76. The van der Waals surface area contributed by atoms with Gasteiger partial charge in [-0.25, -0.2) is 18.4 Å². The molecule has 8 nitrogen and oxygen atoms in total. The molecule has 0 fully saturated rings. The van der Waals surface area contributed by atoms with Gasteiger partial charge < -0.3 is 10.1 Å². The highest BCUT2D eigenvalue weighted by molar-refractivity contribution is 7.92. The number of aromatic nitrogens is 2. The van der Waals surface area contributed by atoms with Crippen molar-refractivity contribution in [2.75, 3.05) is 16.3 Å². The second-order valence-electron chi connectivity index (χ2n) is 6.02. The summed E-state index contributed by atoms with van der Waals surface area (Å²) >= 11 is 0. The van der Waals surface area contributed by atoms with Crippen LogP contribution < -0.4 is 14.8 Å². The number of aryl methyl sites for hydroxylation is 1. The molecular weight excluding hydrogens is 380 g/mol. The number of hydrogen-bond acceptors (Lipinski definition) is 6. The summed E-state index contributed by atoms with van der Waals surface area (Å²) in [4.78, 5) is 20.4. The van der Waals surface area contributed by atoms with Crippen molar-refractivity contribution in [1.82, 2.24) is 9.97 Å². The van der Waals surface area contributed by atoms with E-state index < -0.39 is 10.0 Å². The van der Waals surface area contributed by atoms with Gasteiger partial charge in [-0.05, 0) is 55.0 Å². The van der Waals surface area contributed by atoms with E-state index in [0.29, 0.717) is 28.3 Å². The molecule has 2 aromatic carbocycles. The van der Waals surface area contributed by atoms with Gasteiger partial charge in [0.05, 0.1) is 11.9 Å². The molecule has 3 rings (SSSR count). The first-order chi connectivity index (χ1) is 13.3. The van der Waals surface area contributed by atoms with Crippen molar-refractivity contribution in [3.05, 3.63) is 72.1 Å². The lowest BCUT2D eigenvalue weighted by Gasteiger charge is -2.11. The van der Waals surface area contributed by atoms with E-state index in [1.807, 2.05) is 0 Å². The minimum absolute atomic E-state index is 0.227. The van der Waals surface area contributed by atoms with Gasteiger partial charge in [0, 0.05) is 23.6 Å². The van der Waals surface area contributed by atoms with Crippen molar-refractivity contribution in [3.8, 4) is 11.8 Å². The fourth-order valence-electron chi connectivity index (χ4n) is 2.33. The number of amides is 1. The first-order valence-electron chi connectivity index (χ1n) is 8.25. The maximum atomic E-state index is 12.5. The van der Waals surface area contributed by atoms with Crippen molar-refractivity contribution in [2.24, 2.45) is 0 Å². The van der Waals surface area contributed by atoms with Crippen LogP contribution in [0.15, 0.2) is 60.9 Å². The molecule has 0 saturated carbocycles. The van der Waals surface area contributed by atoms with Crippen LogP contribution in [0.3, 0.4) is 0 Å². The smallest absolute Gasteiger partial charge is 0.321 e. The molecule has 0 bridgehead atoms. The van der Waals surface area contributed by atoms with Crippen LogP contribution in [0.5, 0.6) is 11.8 Å². The van der Waals surface area contributed by atoms with Gasteiger partial charge in [-0.15, -0.1) is 0 Å². The Morgan fingerprint density at radius 2 is 1.71 bits per heavy atom. The molecule has 28 heavy (non-hydrogen) atoms. The zero-order valence-corrected chi connectivity index (χ0v) is 16.0. The van der Waals surface area contributed by atoms with Gasteiger partial charge in [0.1, 0.15) is 5.75 Å². The summed E-state index contributed by atoms with van der Waals surface area (Å²) < 4.78 is 30.8. The molecule has 2 N–H and O–H groups in total. The van der Waals surface area contributed by atoms with E-state index in [4.69, 9.17) is 4.74 Å². The number of nitrogens with one attached hydrogen (secondary N) is 2. The molecule has 0 aliphatic heterocycles. The summed E-state index contributed by atoms with van der Waals surface area (Å²) in [6.07, 6.45) is 4.21. The molecule has 1 amide bonds. The van der Waals surface area contributed by atoms with Gasteiger partial charge in [-0.1, -0.05) is 6.07 Å².